The fraction of sp³-hybridized carbons (Fsp3) is 0. The van der Waals surface area contributed by atoms with Gasteiger partial charge in [-0.25, -0.2) is 0 Å². The molecule has 0 unspecified atom stereocenters. The molecule has 7 heteroatoms. The minimum atomic E-state index is -5.39. The molecule has 0 heterocycles. The van der Waals surface area contributed by atoms with Gasteiger partial charge in [0.2, 0.25) is 0 Å². The Labute approximate surface area is 62.9 Å². The molecule has 0 aliphatic carbocycles. The molecule has 0 amide bonds. The van der Waals surface area contributed by atoms with Crippen molar-refractivity contribution in [3.05, 3.63) is 0 Å². The zero-order valence-electron chi connectivity index (χ0n) is 2.88. The zero-order valence-corrected chi connectivity index (χ0v) is 6.28. The topological polar surface area (TPSA) is 86.2 Å². The number of rotatable bonds is 0. The predicted molar refractivity (Wildman–Crippen MR) is 7.61 cm³/mol. The second-order valence-electron chi connectivity index (χ2n) is 0.447. The third kappa shape index (κ3) is 133. The molecule has 1 radical (unpaired) electrons. The van der Waals surface area contributed by atoms with Crippen LogP contribution in [-0.2, 0) is 40.2 Å². The third-order valence-corrected chi connectivity index (χ3v) is 0. The van der Waals surface area contributed by atoms with Crippen molar-refractivity contribution in [1.29, 1.82) is 0 Å². The van der Waals surface area contributed by atoms with E-state index in [-0.39, 0.29) is 35.6 Å². The van der Waals surface area contributed by atoms with E-state index >= 15 is 0 Å². The molecule has 4 nitrogen and oxygen atoms in total. The van der Waals surface area contributed by atoms with Crippen LogP contribution in [0.2, 0.25) is 0 Å². The van der Waals surface area contributed by atoms with Crippen molar-refractivity contribution in [3.63, 3.8) is 0 Å². The van der Waals surface area contributed by atoms with E-state index in [2.05, 4.69) is 0 Å². The van der Waals surface area contributed by atoms with Crippen LogP contribution in [0, 0.1) is 0 Å². The van der Waals surface area contributed by atoms with E-state index in [0.29, 0.717) is 0 Å². The number of phosphoric acid groups is 1. The molecule has 0 spiro atoms. The molecular formula is FeO4PV+. The van der Waals surface area contributed by atoms with Gasteiger partial charge >= 0.3 is 35.6 Å². The summed E-state index contributed by atoms with van der Waals surface area (Å²) in [6, 6.07) is 0. The first kappa shape index (κ1) is 15.7. The second kappa shape index (κ2) is 5.35. The van der Waals surface area contributed by atoms with Crippen LogP contribution in [0.1, 0.15) is 0 Å². The van der Waals surface area contributed by atoms with Gasteiger partial charge in [-0.3, -0.25) is 0 Å². The van der Waals surface area contributed by atoms with E-state index in [1.54, 1.807) is 0 Å². The first-order chi connectivity index (χ1) is 2.00. The number of hydrogen-bond donors (Lipinski definition) is 0. The average Bonchev–Trinajstić information content (AvgIpc) is 0.722. The van der Waals surface area contributed by atoms with E-state index in [4.69, 9.17) is 19.2 Å². The summed E-state index contributed by atoms with van der Waals surface area (Å²) in [6.45, 7) is 0. The van der Waals surface area contributed by atoms with Crippen molar-refractivity contribution >= 4 is 7.82 Å². The fourth-order valence-electron chi connectivity index (χ4n) is 0. The van der Waals surface area contributed by atoms with Crippen LogP contribution >= 0.6 is 7.82 Å². The van der Waals surface area contributed by atoms with Crippen molar-refractivity contribution in [2.24, 2.45) is 0 Å². The molecule has 0 saturated carbocycles. The molecule has 0 rings (SSSR count). The maximum absolute atomic E-state index is 8.55. The summed E-state index contributed by atoms with van der Waals surface area (Å²) < 4.78 is 8.55. The maximum atomic E-state index is 8.55. The smallest absolute Gasteiger partial charge is 0.822 e. The van der Waals surface area contributed by atoms with Crippen molar-refractivity contribution in [2.75, 3.05) is 0 Å². The zero-order chi connectivity index (χ0) is 4.50. The van der Waals surface area contributed by atoms with E-state index in [1.165, 1.54) is 0 Å². The molecule has 0 bridgehead atoms. The van der Waals surface area contributed by atoms with E-state index in [1.807, 2.05) is 0 Å². The van der Waals surface area contributed by atoms with E-state index in [9.17, 15) is 0 Å². The minimum absolute atomic E-state index is 0. The molecule has 0 aromatic carbocycles. The molecule has 0 aromatic heterocycles. The first-order valence-electron chi connectivity index (χ1n) is 0.730. The normalized spacial score (nSPS) is 8.43. The Hall–Kier alpha value is 1.21. The van der Waals surface area contributed by atoms with Gasteiger partial charge in [0, 0.05) is 0 Å². The predicted octanol–water partition coefficient (Wildman–Crippen LogP) is -2.83. The van der Waals surface area contributed by atoms with Crippen molar-refractivity contribution in [1.82, 2.24) is 0 Å². The van der Waals surface area contributed by atoms with Gasteiger partial charge in [-0.15, -0.1) is 0 Å². The molecular weight excluding hydrogens is 202 g/mol. The van der Waals surface area contributed by atoms with Gasteiger partial charge in [-0.1, -0.05) is 0 Å². The largest absolute Gasteiger partial charge is 2.00 e. The van der Waals surface area contributed by atoms with Gasteiger partial charge in [-0.05, 0) is 0 Å². The minimum Gasteiger partial charge on any atom is -0.822 e. The molecule has 0 aliphatic rings. The fourth-order valence-corrected chi connectivity index (χ4v) is 0. The second-order valence-corrected chi connectivity index (χ2v) is 1.34. The molecule has 41 valence electrons. The SMILES string of the molecule is O=P([O-])([O-])[O-].[Fe+2].[V+2]. The molecule has 0 saturated heterocycles. The van der Waals surface area contributed by atoms with Crippen LogP contribution in [0.5, 0.6) is 0 Å². The van der Waals surface area contributed by atoms with Gasteiger partial charge in [0.25, 0.3) is 0 Å². The molecule has 0 N–H and O–H groups in total. The molecule has 0 aromatic rings. The molecule has 0 atom stereocenters. The van der Waals surface area contributed by atoms with Crippen LogP contribution in [-0.4, -0.2) is 0 Å². The van der Waals surface area contributed by atoms with Gasteiger partial charge < -0.3 is 19.2 Å². The molecule has 0 fully saturated rings. The Morgan fingerprint density at radius 1 is 1.14 bits per heavy atom. The van der Waals surface area contributed by atoms with Crippen LogP contribution in [0.3, 0.4) is 0 Å². The first-order valence-corrected chi connectivity index (χ1v) is 2.19. The summed E-state index contributed by atoms with van der Waals surface area (Å²) in [4.78, 5) is 25.6. The van der Waals surface area contributed by atoms with Gasteiger partial charge in [0.1, 0.15) is 0 Å². The Balaban J connectivity index is -0.0000000800. The van der Waals surface area contributed by atoms with Gasteiger partial charge in [0.15, 0.2) is 0 Å². The quantitative estimate of drug-likeness (QED) is 0.312. The van der Waals surface area contributed by atoms with Gasteiger partial charge in [-0.2, -0.15) is 7.82 Å². The third-order valence-electron chi connectivity index (χ3n) is 0. The van der Waals surface area contributed by atoms with Crippen molar-refractivity contribution in [3.8, 4) is 0 Å². The molecule has 0 aliphatic heterocycles. The average molecular weight is 202 g/mol. The molecule has 7 heavy (non-hydrogen) atoms. The summed E-state index contributed by atoms with van der Waals surface area (Å²) in [5.74, 6) is 0. The van der Waals surface area contributed by atoms with Crippen molar-refractivity contribution in [2.45, 2.75) is 0 Å². The van der Waals surface area contributed by atoms with Crippen LogP contribution in [0.15, 0.2) is 0 Å². The Kier molecular flexibility index (Phi) is 12.0. The summed E-state index contributed by atoms with van der Waals surface area (Å²) in [6.07, 6.45) is 0. The van der Waals surface area contributed by atoms with Crippen LogP contribution < -0.4 is 14.7 Å². The summed E-state index contributed by atoms with van der Waals surface area (Å²) >= 11 is 0. The summed E-state index contributed by atoms with van der Waals surface area (Å²) in [5.41, 5.74) is 0. The Morgan fingerprint density at radius 3 is 1.14 bits per heavy atom. The maximum Gasteiger partial charge on any atom is 2.00 e. The standard InChI is InChI=1S/Fe.H3O4P.V/c;1-5(2,3)4;/h;(H3,1,2,3,4);/q+2;;+2/p-3. The van der Waals surface area contributed by atoms with E-state index in [0.717, 1.165) is 0 Å². The monoisotopic (exact) mass is 202 g/mol. The van der Waals surface area contributed by atoms with Crippen LogP contribution in [0.4, 0.5) is 0 Å². The summed E-state index contributed by atoms with van der Waals surface area (Å²) in [5, 5.41) is 0. The Morgan fingerprint density at radius 2 is 1.14 bits per heavy atom. The van der Waals surface area contributed by atoms with E-state index < -0.39 is 7.82 Å². The summed E-state index contributed by atoms with van der Waals surface area (Å²) in [7, 11) is -5.39. The Bertz CT molecular complexity index is 57.8. The van der Waals surface area contributed by atoms with Gasteiger partial charge in [0.05, 0.1) is 0 Å². The van der Waals surface area contributed by atoms with Crippen LogP contribution in [0.25, 0.3) is 0 Å². The van der Waals surface area contributed by atoms with Crippen molar-refractivity contribution < 1.29 is 54.9 Å². The number of hydrogen-bond acceptors (Lipinski definition) is 4.